The average molecular weight is 308 g/mol. The van der Waals surface area contributed by atoms with Gasteiger partial charge in [-0.1, -0.05) is 42.5 Å². The third kappa shape index (κ3) is 6.96. The number of hydrogen-bond donors (Lipinski definition) is 2. The molecule has 0 aromatic heterocycles. The van der Waals surface area contributed by atoms with E-state index in [9.17, 15) is 13.2 Å². The highest BCUT2D eigenvalue weighted by Crippen LogP contribution is 2.30. The molecule has 0 radical (unpaired) electrons. The lowest BCUT2D eigenvalue weighted by atomic mass is 10.0. The molecule has 0 heterocycles. The third-order valence-electron chi connectivity index (χ3n) is 2.32. The van der Waals surface area contributed by atoms with E-state index in [0.717, 1.165) is 35.4 Å². The molecule has 7 heteroatoms. The summed E-state index contributed by atoms with van der Waals surface area (Å²) in [5.74, 6) is 0. The molecule has 2 aromatic rings. The molecule has 2 N–H and O–H groups in total. The number of hydrogen-bond acceptors (Lipinski definition) is 4. The van der Waals surface area contributed by atoms with Crippen molar-refractivity contribution in [3.05, 3.63) is 60.2 Å². The van der Waals surface area contributed by atoms with Gasteiger partial charge in [0.15, 0.2) is 0 Å². The van der Waals surface area contributed by atoms with Crippen LogP contribution in [0.15, 0.2) is 54.6 Å². The van der Waals surface area contributed by atoms with Crippen molar-refractivity contribution in [1.82, 2.24) is 0 Å². The zero-order valence-corrected chi connectivity index (χ0v) is 11.1. The second kappa shape index (κ2) is 9.83. The van der Waals surface area contributed by atoms with Crippen LogP contribution in [0.1, 0.15) is 5.56 Å². The number of isocyanates is 2. The fraction of sp³-hybridized carbons (Fsp3) is 0.0667. The van der Waals surface area contributed by atoms with E-state index in [1.165, 1.54) is 12.1 Å². The van der Waals surface area contributed by atoms with E-state index >= 15 is 0 Å². The van der Waals surface area contributed by atoms with Crippen LogP contribution in [0.25, 0.3) is 11.1 Å². The Morgan fingerprint density at radius 1 is 0.727 bits per heavy atom. The summed E-state index contributed by atoms with van der Waals surface area (Å²) < 4.78 is 37.0. The molecule has 0 aliphatic rings. The quantitative estimate of drug-likeness (QED) is 0.612. The summed E-state index contributed by atoms with van der Waals surface area (Å²) in [5, 5.41) is 10.8. The lowest BCUT2D eigenvalue weighted by Crippen LogP contribution is -2.03. The van der Waals surface area contributed by atoms with Crippen molar-refractivity contribution in [2.45, 2.75) is 6.18 Å². The van der Waals surface area contributed by atoms with Crippen LogP contribution in [0, 0.1) is 10.8 Å². The normalized spacial score (nSPS) is 9.05. The second-order valence-corrected chi connectivity index (χ2v) is 3.65. The Bertz CT molecular complexity index is 614. The monoisotopic (exact) mass is 308 g/mol. The van der Waals surface area contributed by atoms with Gasteiger partial charge in [0.05, 0.1) is 5.56 Å². The molecule has 0 aliphatic carbocycles. The summed E-state index contributed by atoms with van der Waals surface area (Å²) in [7, 11) is 0. The molecule has 0 bridgehead atoms. The van der Waals surface area contributed by atoms with E-state index in [1.54, 1.807) is 0 Å². The summed E-state index contributed by atoms with van der Waals surface area (Å²) in [6, 6.07) is 14.5. The third-order valence-corrected chi connectivity index (χ3v) is 2.32. The van der Waals surface area contributed by atoms with Gasteiger partial charge in [-0.2, -0.15) is 13.2 Å². The maximum Gasteiger partial charge on any atom is 0.416 e. The smallest absolute Gasteiger partial charge is 0.222 e. The van der Waals surface area contributed by atoms with Crippen molar-refractivity contribution < 1.29 is 22.8 Å². The van der Waals surface area contributed by atoms with E-state index < -0.39 is 11.7 Å². The van der Waals surface area contributed by atoms with Crippen molar-refractivity contribution in [3.63, 3.8) is 0 Å². The average Bonchev–Trinajstić information content (AvgIpc) is 2.49. The zero-order valence-electron chi connectivity index (χ0n) is 11.1. The van der Waals surface area contributed by atoms with Crippen molar-refractivity contribution in [1.29, 1.82) is 10.8 Å². The van der Waals surface area contributed by atoms with Crippen LogP contribution in [0.5, 0.6) is 0 Å². The van der Waals surface area contributed by atoms with Gasteiger partial charge in [-0.05, 0) is 23.3 Å². The second-order valence-electron chi connectivity index (χ2n) is 3.65. The van der Waals surface area contributed by atoms with Gasteiger partial charge in [-0.3, -0.25) is 0 Å². The number of benzene rings is 2. The van der Waals surface area contributed by atoms with E-state index in [-0.39, 0.29) is 0 Å². The minimum Gasteiger partial charge on any atom is -0.222 e. The summed E-state index contributed by atoms with van der Waals surface area (Å²) >= 11 is 0. The Balaban J connectivity index is 0.000000639. The Hall–Kier alpha value is -3.01. The number of rotatable bonds is 1. The summed E-state index contributed by atoms with van der Waals surface area (Å²) in [5.41, 5.74) is 1.08. The Labute approximate surface area is 124 Å². The van der Waals surface area contributed by atoms with Gasteiger partial charge < -0.3 is 0 Å². The summed E-state index contributed by atoms with van der Waals surface area (Å²) in [6.45, 7) is 0. The molecule has 0 aliphatic heterocycles. The highest BCUT2D eigenvalue weighted by molar-refractivity contribution is 5.63. The van der Waals surface area contributed by atoms with Crippen LogP contribution < -0.4 is 0 Å². The standard InChI is InChI=1S/C13H9F3.2CHNO/c14-13(15,16)12-8-6-11(7-9-12)10-4-2-1-3-5-10;2*2-1-3/h1-9H;2*2H. The topological polar surface area (TPSA) is 81.8 Å². The lowest BCUT2D eigenvalue weighted by molar-refractivity contribution is -0.137. The fourth-order valence-electron chi connectivity index (χ4n) is 1.48. The maximum atomic E-state index is 12.3. The number of alkyl halides is 3. The van der Waals surface area contributed by atoms with E-state index in [2.05, 4.69) is 0 Å². The molecule has 0 unspecified atom stereocenters. The molecule has 2 aromatic carbocycles. The van der Waals surface area contributed by atoms with Crippen LogP contribution in [0.4, 0.5) is 13.2 Å². The predicted octanol–water partition coefficient (Wildman–Crippen LogP) is 4.17. The molecule has 4 nitrogen and oxygen atoms in total. The van der Waals surface area contributed by atoms with E-state index in [1.807, 2.05) is 30.3 Å². The highest BCUT2D eigenvalue weighted by Gasteiger charge is 2.29. The first-order valence-corrected chi connectivity index (χ1v) is 5.71. The molecule has 0 spiro atoms. The largest absolute Gasteiger partial charge is 0.416 e. The molecule has 22 heavy (non-hydrogen) atoms. The molecular formula is C15H11F3N2O2. The van der Waals surface area contributed by atoms with E-state index in [0.29, 0.717) is 0 Å². The molecule has 0 atom stereocenters. The van der Waals surface area contributed by atoms with Crippen molar-refractivity contribution in [3.8, 4) is 11.1 Å². The predicted molar refractivity (Wildman–Crippen MR) is 73.7 cm³/mol. The van der Waals surface area contributed by atoms with Crippen molar-refractivity contribution >= 4 is 12.2 Å². The van der Waals surface area contributed by atoms with Crippen LogP contribution in [-0.4, -0.2) is 12.2 Å². The Morgan fingerprint density at radius 3 is 1.45 bits per heavy atom. The van der Waals surface area contributed by atoms with Crippen LogP contribution >= 0.6 is 0 Å². The molecule has 114 valence electrons. The molecular weight excluding hydrogens is 297 g/mol. The zero-order chi connectivity index (χ0) is 17.0. The molecule has 0 amide bonds. The summed E-state index contributed by atoms with van der Waals surface area (Å²) in [6.07, 6.45) is -2.77. The van der Waals surface area contributed by atoms with Gasteiger partial charge in [-0.25, -0.2) is 20.4 Å². The van der Waals surface area contributed by atoms with E-state index in [4.69, 9.17) is 20.4 Å². The van der Waals surface area contributed by atoms with Crippen molar-refractivity contribution in [2.24, 2.45) is 0 Å². The first-order valence-electron chi connectivity index (χ1n) is 5.71. The minimum absolute atomic E-state index is 0.618. The first kappa shape index (κ1) is 19.0. The number of nitrogens with one attached hydrogen (secondary N) is 2. The van der Waals surface area contributed by atoms with Gasteiger partial charge in [-0.15, -0.1) is 0 Å². The molecule has 0 saturated carbocycles. The number of carbonyl (C=O) groups excluding carboxylic acids is 2. The molecule has 0 fully saturated rings. The molecule has 0 saturated heterocycles. The number of halogens is 3. The Kier molecular flexibility index (Phi) is 8.48. The minimum atomic E-state index is -4.27. The molecule has 2 rings (SSSR count). The van der Waals surface area contributed by atoms with Gasteiger partial charge >= 0.3 is 6.18 Å². The van der Waals surface area contributed by atoms with Gasteiger partial charge in [0, 0.05) is 0 Å². The van der Waals surface area contributed by atoms with Crippen LogP contribution in [0.2, 0.25) is 0 Å². The fourth-order valence-corrected chi connectivity index (χ4v) is 1.48. The Morgan fingerprint density at radius 2 is 1.09 bits per heavy atom. The maximum absolute atomic E-state index is 12.3. The summed E-state index contributed by atoms with van der Waals surface area (Å²) in [4.78, 5) is 16.7. The highest BCUT2D eigenvalue weighted by atomic mass is 19.4. The van der Waals surface area contributed by atoms with Gasteiger partial charge in [0.1, 0.15) is 0 Å². The van der Waals surface area contributed by atoms with Crippen LogP contribution in [-0.2, 0) is 15.8 Å². The van der Waals surface area contributed by atoms with Gasteiger partial charge in [0.25, 0.3) is 0 Å². The van der Waals surface area contributed by atoms with Crippen LogP contribution in [0.3, 0.4) is 0 Å². The van der Waals surface area contributed by atoms with Crippen molar-refractivity contribution in [2.75, 3.05) is 0 Å². The lowest BCUT2D eigenvalue weighted by Gasteiger charge is -2.07. The van der Waals surface area contributed by atoms with Gasteiger partial charge in [0.2, 0.25) is 12.2 Å². The first-order chi connectivity index (χ1) is 10.4. The SMILES string of the molecule is FC(F)(F)c1ccc(-c2ccccc2)cc1.N=C=O.N=C=O.